The van der Waals surface area contributed by atoms with Gasteiger partial charge in [0.2, 0.25) is 5.91 Å². The van der Waals surface area contributed by atoms with E-state index in [-0.39, 0.29) is 35.1 Å². The van der Waals surface area contributed by atoms with Gasteiger partial charge in [0.15, 0.2) is 5.96 Å². The molecule has 0 bridgehead atoms. The summed E-state index contributed by atoms with van der Waals surface area (Å²) in [7, 11) is -4.43. The molecule has 0 saturated carbocycles. The highest BCUT2D eigenvalue weighted by molar-refractivity contribution is 7.92. The number of aromatic nitrogens is 1. The third-order valence-corrected chi connectivity index (χ3v) is 6.35. The fraction of sp³-hybridized carbons (Fsp3) is 0.333. The van der Waals surface area contributed by atoms with Crippen LogP contribution in [0.3, 0.4) is 0 Å². The molecular formula is C21H27FN6O5S. The number of guanidine groups is 1. The fourth-order valence-corrected chi connectivity index (χ4v) is 4.70. The van der Waals surface area contributed by atoms with Crippen LogP contribution in [0.2, 0.25) is 0 Å². The maximum Gasteiger partial charge on any atom is 0.274 e. The normalized spacial score (nSPS) is 12.0. The molecule has 34 heavy (non-hydrogen) atoms. The van der Waals surface area contributed by atoms with E-state index < -0.39 is 39.0 Å². The number of rotatable bonds is 10. The molecule has 2 rings (SSSR count). The highest BCUT2D eigenvalue weighted by Crippen LogP contribution is 2.29. The molecule has 0 radical (unpaired) electrons. The summed E-state index contributed by atoms with van der Waals surface area (Å²) in [5.74, 6) is -1.51. The van der Waals surface area contributed by atoms with Crippen LogP contribution in [0.4, 0.5) is 15.8 Å². The van der Waals surface area contributed by atoms with Crippen LogP contribution in [0.5, 0.6) is 0 Å². The lowest BCUT2D eigenvalue weighted by Crippen LogP contribution is -2.42. The van der Waals surface area contributed by atoms with Crippen molar-refractivity contribution >= 4 is 39.6 Å². The van der Waals surface area contributed by atoms with Gasteiger partial charge in [-0.15, -0.1) is 0 Å². The second-order valence-electron chi connectivity index (χ2n) is 7.60. The lowest BCUT2D eigenvalue weighted by atomic mass is 10.1. The number of carbonyl (C=O) groups excluding carboxylic acids is 2. The number of aldehydes is 1. The first-order valence-corrected chi connectivity index (χ1v) is 11.7. The Hall–Kier alpha value is -3.74. The molecule has 0 spiro atoms. The van der Waals surface area contributed by atoms with Gasteiger partial charge in [-0.2, -0.15) is 0 Å². The zero-order chi connectivity index (χ0) is 25.6. The average Bonchev–Trinajstić information content (AvgIpc) is 2.73. The molecule has 0 aliphatic carbocycles. The van der Waals surface area contributed by atoms with Crippen LogP contribution in [-0.4, -0.2) is 44.1 Å². The number of nitrogens with two attached hydrogens (primary N) is 2. The number of aryl methyl sites for hydroxylation is 2. The third-order valence-electron chi connectivity index (χ3n) is 4.86. The molecular weight excluding hydrogens is 467 g/mol. The number of anilines is 2. The van der Waals surface area contributed by atoms with E-state index in [1.807, 2.05) is 0 Å². The molecule has 0 unspecified atom stereocenters. The Kier molecular flexibility index (Phi) is 8.51. The van der Waals surface area contributed by atoms with Crippen LogP contribution in [0.25, 0.3) is 0 Å². The summed E-state index contributed by atoms with van der Waals surface area (Å²) in [6.45, 7) is 4.38. The van der Waals surface area contributed by atoms with Gasteiger partial charge in [0, 0.05) is 19.2 Å². The number of aromatic amines is 1. The van der Waals surface area contributed by atoms with E-state index in [0.717, 1.165) is 17.0 Å². The Bertz CT molecular complexity index is 1270. The van der Waals surface area contributed by atoms with Crippen LogP contribution in [0.1, 0.15) is 31.0 Å². The number of carbonyl (C=O) groups is 2. The van der Waals surface area contributed by atoms with E-state index in [0.29, 0.717) is 18.4 Å². The van der Waals surface area contributed by atoms with Crippen molar-refractivity contribution in [3.63, 3.8) is 0 Å². The molecule has 1 atom stereocenters. The van der Waals surface area contributed by atoms with Gasteiger partial charge in [0.25, 0.3) is 15.6 Å². The minimum Gasteiger partial charge on any atom is -0.370 e. The Morgan fingerprint density at radius 3 is 2.56 bits per heavy atom. The first kappa shape index (κ1) is 26.5. The number of aliphatic imine (C=N–C) groups is 1. The summed E-state index contributed by atoms with van der Waals surface area (Å²) in [6.07, 6.45) is 0.986. The number of nitrogens with zero attached hydrogens (tertiary/aromatic N) is 2. The molecule has 1 heterocycles. The maximum absolute atomic E-state index is 13.7. The Labute approximate surface area is 196 Å². The van der Waals surface area contributed by atoms with Crippen LogP contribution < -0.4 is 26.6 Å². The molecule has 11 nitrogen and oxygen atoms in total. The van der Waals surface area contributed by atoms with Gasteiger partial charge in [-0.3, -0.25) is 19.3 Å². The van der Waals surface area contributed by atoms with Crippen LogP contribution in [0.15, 0.2) is 38.9 Å². The van der Waals surface area contributed by atoms with E-state index in [4.69, 9.17) is 11.5 Å². The van der Waals surface area contributed by atoms with Crippen LogP contribution >= 0.6 is 0 Å². The molecule has 0 fully saturated rings. The van der Waals surface area contributed by atoms with E-state index in [1.165, 1.54) is 32.9 Å². The number of pyridine rings is 1. The molecule has 2 aromatic rings. The van der Waals surface area contributed by atoms with Gasteiger partial charge in [-0.05, 0) is 50.5 Å². The smallest absolute Gasteiger partial charge is 0.274 e. The largest absolute Gasteiger partial charge is 0.370 e. The lowest BCUT2D eigenvalue weighted by molar-refractivity contribution is -0.119. The van der Waals surface area contributed by atoms with Crippen molar-refractivity contribution in [1.29, 1.82) is 0 Å². The number of H-pyrrole nitrogens is 1. The summed E-state index contributed by atoms with van der Waals surface area (Å²) in [6, 6.07) is 3.54. The third kappa shape index (κ3) is 6.41. The van der Waals surface area contributed by atoms with Crippen LogP contribution in [0, 0.1) is 19.7 Å². The first-order valence-electron chi connectivity index (χ1n) is 10.2. The van der Waals surface area contributed by atoms with Gasteiger partial charge in [-0.1, -0.05) is 6.07 Å². The van der Waals surface area contributed by atoms with E-state index in [2.05, 4.69) is 14.7 Å². The predicted molar refractivity (Wildman–Crippen MR) is 127 cm³/mol. The maximum atomic E-state index is 13.7. The summed E-state index contributed by atoms with van der Waals surface area (Å²) in [4.78, 5) is 44.1. The van der Waals surface area contributed by atoms with Gasteiger partial charge in [-0.25, -0.2) is 12.8 Å². The van der Waals surface area contributed by atoms with Gasteiger partial charge >= 0.3 is 0 Å². The molecule has 0 saturated heterocycles. The zero-order valence-electron chi connectivity index (χ0n) is 19.0. The number of benzene rings is 1. The van der Waals surface area contributed by atoms with Gasteiger partial charge in [0.1, 0.15) is 17.8 Å². The Morgan fingerprint density at radius 1 is 1.29 bits per heavy atom. The minimum atomic E-state index is -4.43. The van der Waals surface area contributed by atoms with Crippen molar-refractivity contribution in [1.82, 2.24) is 4.98 Å². The highest BCUT2D eigenvalue weighted by Gasteiger charge is 2.29. The molecule has 0 aliphatic heterocycles. The molecule has 13 heteroatoms. The Morgan fingerprint density at radius 2 is 1.97 bits per heavy atom. The zero-order valence-corrected chi connectivity index (χ0v) is 19.8. The quantitative estimate of drug-likeness (QED) is 0.164. The van der Waals surface area contributed by atoms with E-state index in [1.54, 1.807) is 0 Å². The van der Waals surface area contributed by atoms with Crippen molar-refractivity contribution in [3.05, 3.63) is 51.7 Å². The average molecular weight is 495 g/mol. The van der Waals surface area contributed by atoms with Gasteiger partial charge in [0.05, 0.1) is 16.6 Å². The SMILES string of the molecule is CC(=O)N(c1cc(C)[nH]c(=O)c1NS(=O)(=O)c1cc(F)ccc1C)[C@H](C=O)CCCN=C(N)N. The topological polar surface area (TPSA) is 181 Å². The number of amides is 1. The molecule has 1 amide bonds. The summed E-state index contributed by atoms with van der Waals surface area (Å²) >= 11 is 0. The summed E-state index contributed by atoms with van der Waals surface area (Å²) in [5, 5.41) is 0. The number of hydrogen-bond acceptors (Lipinski definition) is 6. The second-order valence-corrected chi connectivity index (χ2v) is 9.25. The summed E-state index contributed by atoms with van der Waals surface area (Å²) < 4.78 is 42.0. The fourth-order valence-electron chi connectivity index (χ4n) is 3.36. The standard InChI is InChI=1S/C21H27FN6O5S/c1-12-6-7-15(22)10-18(12)34(32,33)27-19-17(9-13(2)26-20(19)31)28(14(3)30)16(11-29)5-4-8-25-21(23)24/h6-7,9-11,16,27H,4-5,8H2,1-3H3,(H,26,31)(H4,23,24,25)/t16-/m0/s1. The van der Waals surface area contributed by atoms with E-state index in [9.17, 15) is 27.2 Å². The summed E-state index contributed by atoms with van der Waals surface area (Å²) in [5.41, 5.74) is 9.69. The molecule has 184 valence electrons. The lowest BCUT2D eigenvalue weighted by Gasteiger charge is -2.29. The highest BCUT2D eigenvalue weighted by atomic mass is 32.2. The second kappa shape index (κ2) is 10.9. The number of hydrogen-bond donors (Lipinski definition) is 4. The van der Waals surface area contributed by atoms with Crippen molar-refractivity contribution in [2.75, 3.05) is 16.2 Å². The molecule has 1 aromatic carbocycles. The van der Waals surface area contributed by atoms with Crippen molar-refractivity contribution < 1.29 is 22.4 Å². The predicted octanol–water partition coefficient (Wildman–Crippen LogP) is 0.906. The Balaban J connectivity index is 2.57. The monoisotopic (exact) mass is 494 g/mol. The van der Waals surface area contributed by atoms with E-state index >= 15 is 0 Å². The number of sulfonamides is 1. The van der Waals surface area contributed by atoms with Crippen LogP contribution in [-0.2, 0) is 19.6 Å². The molecule has 6 N–H and O–H groups in total. The van der Waals surface area contributed by atoms with Crippen molar-refractivity contribution in [2.24, 2.45) is 16.5 Å². The van der Waals surface area contributed by atoms with Crippen molar-refractivity contribution in [2.45, 2.75) is 44.6 Å². The minimum absolute atomic E-state index is 0.120. The first-order chi connectivity index (χ1) is 15.9. The number of halogens is 1. The van der Waals surface area contributed by atoms with Crippen molar-refractivity contribution in [3.8, 4) is 0 Å². The molecule has 0 aliphatic rings. The number of nitrogens with one attached hydrogen (secondary N) is 2. The molecule has 1 aromatic heterocycles. The van der Waals surface area contributed by atoms with Gasteiger partial charge < -0.3 is 26.1 Å².